The molecule has 0 radical (unpaired) electrons. The Morgan fingerprint density at radius 1 is 1.14 bits per heavy atom. The molecule has 0 atom stereocenters. The number of carbonyl (C=O) groups excluding carboxylic acids is 1. The lowest BCUT2D eigenvalue weighted by molar-refractivity contribution is -0.124. The Morgan fingerprint density at radius 3 is 2.33 bits per heavy atom. The van der Waals surface area contributed by atoms with Crippen LogP contribution < -0.4 is 10.6 Å². The van der Waals surface area contributed by atoms with E-state index in [2.05, 4.69) is 29.7 Å². The molecule has 1 heterocycles. The van der Waals surface area contributed by atoms with Gasteiger partial charge in [0.25, 0.3) is 0 Å². The van der Waals surface area contributed by atoms with E-state index in [1.807, 2.05) is 18.2 Å². The van der Waals surface area contributed by atoms with Crippen molar-refractivity contribution in [2.24, 2.45) is 5.41 Å². The third-order valence-electron chi connectivity index (χ3n) is 5.00. The molecule has 1 aromatic rings. The highest BCUT2D eigenvalue weighted by Gasteiger charge is 2.51. The summed E-state index contributed by atoms with van der Waals surface area (Å²) in [6.07, 6.45) is 4.26. The van der Waals surface area contributed by atoms with Crippen molar-refractivity contribution < 1.29 is 4.79 Å². The molecule has 3 rings (SSSR count). The van der Waals surface area contributed by atoms with E-state index >= 15 is 0 Å². The molecule has 3 nitrogen and oxygen atoms in total. The topological polar surface area (TPSA) is 41.1 Å². The fraction of sp³-hybridized carbons (Fsp3) is 0.588. The maximum absolute atomic E-state index is 12.6. The zero-order valence-corrected chi connectivity index (χ0v) is 13.5. The molecule has 21 heavy (non-hydrogen) atoms. The zero-order chi connectivity index (χ0) is 14.1. The molecule has 1 aromatic carbocycles. The Labute approximate surface area is 133 Å². The van der Waals surface area contributed by atoms with Crippen molar-refractivity contribution in [3.63, 3.8) is 0 Å². The van der Waals surface area contributed by atoms with Gasteiger partial charge in [0.2, 0.25) is 5.91 Å². The first-order valence-electron chi connectivity index (χ1n) is 7.69. The summed E-state index contributed by atoms with van der Waals surface area (Å²) in [5, 5.41) is 6.61. The van der Waals surface area contributed by atoms with Crippen LogP contribution in [0.15, 0.2) is 30.3 Å². The lowest BCUT2D eigenvalue weighted by Gasteiger charge is -2.34. The van der Waals surface area contributed by atoms with Gasteiger partial charge in [0.15, 0.2) is 0 Å². The van der Waals surface area contributed by atoms with Gasteiger partial charge < -0.3 is 10.6 Å². The van der Waals surface area contributed by atoms with E-state index in [4.69, 9.17) is 0 Å². The molecule has 4 heteroatoms. The van der Waals surface area contributed by atoms with E-state index in [1.54, 1.807) is 0 Å². The Hall–Kier alpha value is -1.06. The van der Waals surface area contributed by atoms with E-state index in [0.717, 1.165) is 45.3 Å². The highest BCUT2D eigenvalue weighted by Crippen LogP contribution is 2.48. The average Bonchev–Trinajstić information content (AvgIpc) is 3.28. The Bertz CT molecular complexity index is 479. The normalized spacial score (nSPS) is 22.0. The molecular weight excluding hydrogens is 284 g/mol. The quantitative estimate of drug-likeness (QED) is 0.898. The molecule has 0 aromatic heterocycles. The summed E-state index contributed by atoms with van der Waals surface area (Å²) in [5.74, 6) is 0.225. The van der Waals surface area contributed by atoms with Crippen molar-refractivity contribution >= 4 is 18.3 Å². The van der Waals surface area contributed by atoms with E-state index in [-0.39, 0.29) is 29.1 Å². The SMILES string of the molecule is CC1(CNC(=O)C2(c3ccccc3)CC2)CCNCC1.Cl. The third kappa shape index (κ3) is 3.41. The molecule has 1 aliphatic heterocycles. The molecule has 2 fully saturated rings. The van der Waals surface area contributed by atoms with Gasteiger partial charge in [-0.1, -0.05) is 37.3 Å². The highest BCUT2D eigenvalue weighted by molar-refractivity contribution is 5.91. The van der Waals surface area contributed by atoms with Gasteiger partial charge in [-0.3, -0.25) is 4.79 Å². The van der Waals surface area contributed by atoms with Crippen molar-refractivity contribution in [1.29, 1.82) is 0 Å². The van der Waals surface area contributed by atoms with Gasteiger partial charge in [-0.2, -0.15) is 0 Å². The second-order valence-electron chi connectivity index (χ2n) is 6.69. The molecule has 2 aliphatic rings. The lowest BCUT2D eigenvalue weighted by Crippen LogP contribution is -2.45. The molecule has 0 bridgehead atoms. The maximum atomic E-state index is 12.6. The van der Waals surface area contributed by atoms with E-state index in [1.165, 1.54) is 5.56 Å². The summed E-state index contributed by atoms with van der Waals surface area (Å²) >= 11 is 0. The van der Waals surface area contributed by atoms with Gasteiger partial charge >= 0.3 is 0 Å². The van der Waals surface area contributed by atoms with E-state index in [0.29, 0.717) is 0 Å². The number of halogens is 1. The fourth-order valence-electron chi connectivity index (χ4n) is 3.20. The summed E-state index contributed by atoms with van der Waals surface area (Å²) in [4.78, 5) is 12.6. The molecule has 116 valence electrons. The van der Waals surface area contributed by atoms with E-state index in [9.17, 15) is 4.79 Å². The maximum Gasteiger partial charge on any atom is 0.230 e. The summed E-state index contributed by atoms with van der Waals surface area (Å²) in [6.45, 7) is 5.23. The van der Waals surface area contributed by atoms with Crippen molar-refractivity contribution in [3.8, 4) is 0 Å². The Balaban J connectivity index is 0.00000161. The van der Waals surface area contributed by atoms with Crippen molar-refractivity contribution in [1.82, 2.24) is 10.6 Å². The number of benzene rings is 1. The van der Waals surface area contributed by atoms with Crippen molar-refractivity contribution in [2.75, 3.05) is 19.6 Å². The van der Waals surface area contributed by atoms with E-state index < -0.39 is 0 Å². The predicted octanol–water partition coefficient (Wildman–Crippen LogP) is 2.65. The van der Waals surface area contributed by atoms with Gasteiger partial charge in [-0.25, -0.2) is 0 Å². The molecule has 1 saturated heterocycles. The molecule has 0 unspecified atom stereocenters. The van der Waals surface area contributed by atoms with Crippen LogP contribution >= 0.6 is 12.4 Å². The second kappa shape index (κ2) is 6.37. The number of amides is 1. The van der Waals surface area contributed by atoms with Crippen molar-refractivity contribution in [3.05, 3.63) is 35.9 Å². The van der Waals surface area contributed by atoms with Gasteiger partial charge in [-0.15, -0.1) is 12.4 Å². The van der Waals surface area contributed by atoms with Crippen LogP contribution in [0.1, 0.15) is 38.2 Å². The standard InChI is InChI=1S/C17H24N2O.ClH/c1-16(9-11-18-12-10-16)13-19-15(20)17(7-8-17)14-5-3-2-4-6-14;/h2-6,18H,7-13H2,1H3,(H,19,20);1H. The molecule has 1 aliphatic carbocycles. The first kappa shape index (κ1) is 16.3. The van der Waals surface area contributed by atoms with Crippen LogP contribution in [0.4, 0.5) is 0 Å². The minimum Gasteiger partial charge on any atom is -0.355 e. The summed E-state index contributed by atoms with van der Waals surface area (Å²) in [6, 6.07) is 10.2. The summed E-state index contributed by atoms with van der Waals surface area (Å²) in [7, 11) is 0. The van der Waals surface area contributed by atoms with Gasteiger partial charge in [-0.05, 0) is 49.8 Å². The minimum absolute atomic E-state index is 0. The fourth-order valence-corrected chi connectivity index (χ4v) is 3.20. The largest absolute Gasteiger partial charge is 0.355 e. The number of hydrogen-bond donors (Lipinski definition) is 2. The lowest BCUT2D eigenvalue weighted by atomic mass is 9.81. The Kier molecular flexibility index (Phi) is 4.95. The molecule has 2 N–H and O–H groups in total. The van der Waals surface area contributed by atoms with Crippen LogP contribution in [-0.2, 0) is 10.2 Å². The van der Waals surface area contributed by atoms with Crippen LogP contribution in [0.5, 0.6) is 0 Å². The average molecular weight is 309 g/mol. The predicted molar refractivity (Wildman–Crippen MR) is 87.8 cm³/mol. The molecule has 1 amide bonds. The monoisotopic (exact) mass is 308 g/mol. The first-order chi connectivity index (χ1) is 9.65. The van der Waals surface area contributed by atoms with Crippen LogP contribution in [0, 0.1) is 5.41 Å². The summed E-state index contributed by atoms with van der Waals surface area (Å²) in [5.41, 5.74) is 1.20. The zero-order valence-electron chi connectivity index (χ0n) is 12.7. The van der Waals surface area contributed by atoms with Gasteiger partial charge in [0, 0.05) is 6.54 Å². The first-order valence-corrected chi connectivity index (χ1v) is 7.69. The van der Waals surface area contributed by atoms with Crippen LogP contribution in [0.3, 0.4) is 0 Å². The Morgan fingerprint density at radius 2 is 1.76 bits per heavy atom. The number of hydrogen-bond acceptors (Lipinski definition) is 2. The number of nitrogens with one attached hydrogen (secondary N) is 2. The van der Waals surface area contributed by atoms with Crippen molar-refractivity contribution in [2.45, 2.75) is 38.0 Å². The van der Waals surface area contributed by atoms with Crippen LogP contribution in [0.2, 0.25) is 0 Å². The molecule has 0 spiro atoms. The van der Waals surface area contributed by atoms with Gasteiger partial charge in [0.1, 0.15) is 0 Å². The number of rotatable bonds is 4. The third-order valence-corrected chi connectivity index (χ3v) is 5.00. The van der Waals surface area contributed by atoms with Crippen LogP contribution in [-0.4, -0.2) is 25.5 Å². The highest BCUT2D eigenvalue weighted by atomic mass is 35.5. The van der Waals surface area contributed by atoms with Crippen LogP contribution in [0.25, 0.3) is 0 Å². The summed E-state index contributed by atoms with van der Waals surface area (Å²) < 4.78 is 0. The minimum atomic E-state index is -0.232. The second-order valence-corrected chi connectivity index (χ2v) is 6.69. The van der Waals surface area contributed by atoms with Gasteiger partial charge in [0.05, 0.1) is 5.41 Å². The smallest absolute Gasteiger partial charge is 0.230 e. The molecule has 1 saturated carbocycles. The number of carbonyl (C=O) groups is 1. The number of piperidine rings is 1. The molecular formula is C17H25ClN2O.